The van der Waals surface area contributed by atoms with Gasteiger partial charge in [0.25, 0.3) is 0 Å². The van der Waals surface area contributed by atoms with Crippen molar-refractivity contribution in [1.82, 2.24) is 5.32 Å². The molecular formula is C16H21NO4. The summed E-state index contributed by atoms with van der Waals surface area (Å²) in [5, 5.41) is 12.1. The maximum absolute atomic E-state index is 12.4. The van der Waals surface area contributed by atoms with E-state index < -0.39 is 17.8 Å². The molecule has 0 saturated heterocycles. The number of hydrogen-bond acceptors (Lipinski definition) is 3. The molecule has 5 nitrogen and oxygen atoms in total. The summed E-state index contributed by atoms with van der Waals surface area (Å²) < 4.78 is 5.47. The summed E-state index contributed by atoms with van der Waals surface area (Å²) in [6.45, 7) is 5.59. The van der Waals surface area contributed by atoms with Crippen LogP contribution in [-0.4, -0.2) is 17.0 Å². The van der Waals surface area contributed by atoms with E-state index in [1.54, 1.807) is 0 Å². The Balaban J connectivity index is 2.08. The minimum absolute atomic E-state index is 0.199. The Morgan fingerprint density at radius 2 is 1.90 bits per heavy atom. The molecular weight excluding hydrogens is 270 g/mol. The Morgan fingerprint density at radius 1 is 1.29 bits per heavy atom. The van der Waals surface area contributed by atoms with Gasteiger partial charge in [-0.3, -0.25) is 9.59 Å². The number of carboxylic acids is 1. The predicted octanol–water partition coefficient (Wildman–Crippen LogP) is 2.74. The van der Waals surface area contributed by atoms with E-state index in [2.05, 4.69) is 5.32 Å². The van der Waals surface area contributed by atoms with Crippen LogP contribution in [-0.2, 0) is 9.59 Å². The van der Waals surface area contributed by atoms with Crippen molar-refractivity contribution in [1.29, 1.82) is 0 Å². The van der Waals surface area contributed by atoms with Gasteiger partial charge in [-0.15, -0.1) is 0 Å². The van der Waals surface area contributed by atoms with Gasteiger partial charge in [-0.2, -0.15) is 0 Å². The Hall–Kier alpha value is -2.04. The Morgan fingerprint density at radius 3 is 2.43 bits per heavy atom. The largest absolute Gasteiger partial charge is 0.481 e. The summed E-state index contributed by atoms with van der Waals surface area (Å²) in [5.41, 5.74) is 0.930. The van der Waals surface area contributed by atoms with Crippen LogP contribution in [0.25, 0.3) is 0 Å². The summed E-state index contributed by atoms with van der Waals surface area (Å²) in [6, 6.07) is 1.70. The van der Waals surface area contributed by atoms with Crippen LogP contribution in [0, 0.1) is 25.7 Å². The van der Waals surface area contributed by atoms with Crippen molar-refractivity contribution >= 4 is 11.9 Å². The molecule has 1 heterocycles. The van der Waals surface area contributed by atoms with Crippen LogP contribution >= 0.6 is 0 Å². The summed E-state index contributed by atoms with van der Waals surface area (Å²) in [7, 11) is 0. The van der Waals surface area contributed by atoms with E-state index in [0.29, 0.717) is 12.8 Å². The lowest BCUT2D eigenvalue weighted by Gasteiger charge is -2.26. The van der Waals surface area contributed by atoms with Crippen LogP contribution in [0.1, 0.15) is 42.9 Å². The van der Waals surface area contributed by atoms with Crippen molar-refractivity contribution in [3.8, 4) is 0 Å². The average molecular weight is 291 g/mol. The molecule has 0 saturated carbocycles. The first-order valence-electron chi connectivity index (χ1n) is 7.15. The average Bonchev–Trinajstić information content (AvgIpc) is 2.77. The topological polar surface area (TPSA) is 79.5 Å². The second-order valence-electron chi connectivity index (χ2n) is 5.59. The second-order valence-corrected chi connectivity index (χ2v) is 5.59. The highest BCUT2D eigenvalue weighted by molar-refractivity contribution is 5.85. The number of furan rings is 1. The van der Waals surface area contributed by atoms with Crippen LogP contribution in [0.3, 0.4) is 0 Å². The van der Waals surface area contributed by atoms with E-state index in [4.69, 9.17) is 4.42 Å². The van der Waals surface area contributed by atoms with Gasteiger partial charge in [-0.1, -0.05) is 12.2 Å². The summed E-state index contributed by atoms with van der Waals surface area (Å²) in [6.07, 6.45) is 4.59. The van der Waals surface area contributed by atoms with Gasteiger partial charge < -0.3 is 14.8 Å². The van der Waals surface area contributed by atoms with Gasteiger partial charge in [0.05, 0.1) is 17.9 Å². The molecule has 0 spiro atoms. The summed E-state index contributed by atoms with van der Waals surface area (Å²) >= 11 is 0. The molecule has 1 aromatic rings. The van der Waals surface area contributed by atoms with Gasteiger partial charge in [-0.25, -0.2) is 0 Å². The van der Waals surface area contributed by atoms with E-state index in [0.717, 1.165) is 17.1 Å². The van der Waals surface area contributed by atoms with Crippen LogP contribution in [0.5, 0.6) is 0 Å². The number of aliphatic carboxylic acids is 1. The molecule has 1 aliphatic rings. The van der Waals surface area contributed by atoms with Crippen molar-refractivity contribution < 1.29 is 19.1 Å². The molecule has 0 aromatic carbocycles. The maximum atomic E-state index is 12.4. The molecule has 1 amide bonds. The fourth-order valence-electron chi connectivity index (χ4n) is 2.86. The molecule has 0 fully saturated rings. The first kappa shape index (κ1) is 15.4. The number of carboxylic acid groups (broad SMARTS) is 1. The number of hydrogen-bond donors (Lipinski definition) is 2. The van der Waals surface area contributed by atoms with E-state index in [1.165, 1.54) is 0 Å². The molecule has 1 aliphatic carbocycles. The Bertz CT molecular complexity index is 573. The molecule has 2 N–H and O–H groups in total. The van der Waals surface area contributed by atoms with E-state index in [1.807, 2.05) is 39.0 Å². The minimum Gasteiger partial charge on any atom is -0.481 e. The van der Waals surface area contributed by atoms with Gasteiger partial charge in [0, 0.05) is 5.56 Å². The highest BCUT2D eigenvalue weighted by Gasteiger charge is 2.34. The molecule has 2 rings (SSSR count). The second kappa shape index (κ2) is 6.16. The standard InChI is InChI=1S/C16H21NO4/c1-9-8-14(11(3)21-9)10(2)17-15(18)12-6-4-5-7-13(12)16(19)20/h4-5,8,10,12-13H,6-7H2,1-3H3,(H,17,18)(H,19,20)/t10?,12-,13+/m1/s1. The van der Waals surface area contributed by atoms with Crippen molar-refractivity contribution in [3.05, 3.63) is 35.3 Å². The monoisotopic (exact) mass is 291 g/mol. The third kappa shape index (κ3) is 3.35. The third-order valence-electron chi connectivity index (χ3n) is 3.99. The zero-order valence-corrected chi connectivity index (χ0v) is 12.6. The lowest BCUT2D eigenvalue weighted by Crippen LogP contribution is -2.39. The molecule has 1 unspecified atom stereocenters. The van der Waals surface area contributed by atoms with E-state index >= 15 is 0 Å². The van der Waals surface area contributed by atoms with Crippen LogP contribution < -0.4 is 5.32 Å². The number of rotatable bonds is 4. The Labute approximate surface area is 124 Å². The molecule has 21 heavy (non-hydrogen) atoms. The SMILES string of the molecule is Cc1cc(C(C)NC(=O)[C@@H]2CC=CC[C@@H]2C(=O)O)c(C)o1. The molecule has 5 heteroatoms. The maximum Gasteiger partial charge on any atom is 0.307 e. The molecule has 0 radical (unpaired) electrons. The van der Waals surface area contributed by atoms with Crippen molar-refractivity contribution in [2.24, 2.45) is 11.8 Å². The van der Waals surface area contributed by atoms with Crippen LogP contribution in [0.15, 0.2) is 22.6 Å². The third-order valence-corrected chi connectivity index (χ3v) is 3.99. The molecule has 0 aliphatic heterocycles. The smallest absolute Gasteiger partial charge is 0.307 e. The zero-order chi connectivity index (χ0) is 15.6. The van der Waals surface area contributed by atoms with Gasteiger partial charge in [0.1, 0.15) is 11.5 Å². The first-order valence-corrected chi connectivity index (χ1v) is 7.15. The highest BCUT2D eigenvalue weighted by Crippen LogP contribution is 2.28. The molecule has 1 aromatic heterocycles. The normalized spacial score (nSPS) is 22.8. The van der Waals surface area contributed by atoms with Crippen LogP contribution in [0.2, 0.25) is 0 Å². The number of aryl methyl sites for hydroxylation is 2. The predicted molar refractivity (Wildman–Crippen MR) is 77.7 cm³/mol. The van der Waals surface area contributed by atoms with Crippen molar-refractivity contribution in [2.45, 2.75) is 39.7 Å². The summed E-state index contributed by atoms with van der Waals surface area (Å²) in [4.78, 5) is 23.6. The fourth-order valence-corrected chi connectivity index (χ4v) is 2.86. The van der Waals surface area contributed by atoms with Gasteiger partial charge in [0.15, 0.2) is 0 Å². The lowest BCUT2D eigenvalue weighted by atomic mass is 9.82. The highest BCUT2D eigenvalue weighted by atomic mass is 16.4. The number of allylic oxidation sites excluding steroid dienone is 2. The zero-order valence-electron chi connectivity index (χ0n) is 12.6. The van der Waals surface area contributed by atoms with Gasteiger partial charge in [0.2, 0.25) is 5.91 Å². The van der Waals surface area contributed by atoms with Crippen molar-refractivity contribution in [2.75, 3.05) is 0 Å². The molecule has 0 bridgehead atoms. The van der Waals surface area contributed by atoms with Gasteiger partial charge in [-0.05, 0) is 39.7 Å². The Kier molecular flexibility index (Phi) is 4.50. The van der Waals surface area contributed by atoms with Gasteiger partial charge >= 0.3 is 5.97 Å². The van der Waals surface area contributed by atoms with Crippen LogP contribution in [0.4, 0.5) is 0 Å². The molecule has 114 valence electrons. The quantitative estimate of drug-likeness (QED) is 0.836. The number of carbonyl (C=O) groups is 2. The van der Waals surface area contributed by atoms with Crippen molar-refractivity contribution in [3.63, 3.8) is 0 Å². The fraction of sp³-hybridized carbons (Fsp3) is 0.500. The number of nitrogens with one attached hydrogen (secondary N) is 1. The molecule has 3 atom stereocenters. The lowest BCUT2D eigenvalue weighted by molar-refractivity contribution is -0.147. The first-order chi connectivity index (χ1) is 9.90. The summed E-state index contributed by atoms with van der Waals surface area (Å²) in [5.74, 6) is -0.705. The number of carbonyl (C=O) groups excluding carboxylic acids is 1. The van der Waals surface area contributed by atoms with E-state index in [-0.39, 0.29) is 11.9 Å². The minimum atomic E-state index is -0.914. The number of amides is 1. The van der Waals surface area contributed by atoms with E-state index in [9.17, 15) is 14.7 Å².